The summed E-state index contributed by atoms with van der Waals surface area (Å²) in [6, 6.07) is 20.7. The maximum Gasteiger partial charge on any atom is 0.262 e. The molecule has 6 heteroatoms. The van der Waals surface area contributed by atoms with Crippen LogP contribution in [0.4, 0.5) is 5.69 Å². The van der Waals surface area contributed by atoms with Crippen molar-refractivity contribution in [3.8, 4) is 17.2 Å². The molecule has 1 N–H and O–H groups in total. The second kappa shape index (κ2) is 7.49. The summed E-state index contributed by atoms with van der Waals surface area (Å²) in [5.41, 5.74) is 1.39. The third kappa shape index (κ3) is 3.97. The topological polar surface area (TPSA) is 64.6 Å². The Morgan fingerprint density at radius 3 is 2.08 bits per heavy atom. The van der Waals surface area contributed by atoms with Gasteiger partial charge >= 0.3 is 0 Å². The number of ether oxygens (including phenoxy) is 2. The van der Waals surface area contributed by atoms with E-state index in [0.29, 0.717) is 17.2 Å². The zero-order chi connectivity index (χ0) is 18.6. The summed E-state index contributed by atoms with van der Waals surface area (Å²) in [6.07, 6.45) is 0. The quantitative estimate of drug-likeness (QED) is 0.690. The van der Waals surface area contributed by atoms with Gasteiger partial charge in [0.2, 0.25) is 0 Å². The van der Waals surface area contributed by atoms with Crippen molar-refractivity contribution in [3.05, 3.63) is 78.4 Å². The molecule has 134 valence electrons. The third-order valence-electron chi connectivity index (χ3n) is 3.81. The maximum absolute atomic E-state index is 12.6. The van der Waals surface area contributed by atoms with E-state index in [2.05, 4.69) is 4.72 Å². The molecule has 0 atom stereocenters. The minimum Gasteiger partial charge on any atom is -0.495 e. The van der Waals surface area contributed by atoms with E-state index in [4.69, 9.17) is 9.47 Å². The van der Waals surface area contributed by atoms with E-state index in [1.54, 1.807) is 36.4 Å². The summed E-state index contributed by atoms with van der Waals surface area (Å²) in [4.78, 5) is 0.139. The Morgan fingerprint density at radius 2 is 1.42 bits per heavy atom. The molecule has 0 saturated carbocycles. The molecular weight excluding hydrogens is 350 g/mol. The molecule has 0 aliphatic rings. The molecule has 0 spiro atoms. The fourth-order valence-corrected chi connectivity index (χ4v) is 3.49. The van der Waals surface area contributed by atoms with Crippen molar-refractivity contribution < 1.29 is 17.9 Å². The van der Waals surface area contributed by atoms with Crippen LogP contribution in [0.3, 0.4) is 0 Å². The molecule has 5 nitrogen and oxygen atoms in total. The number of rotatable bonds is 6. The molecule has 0 amide bonds. The van der Waals surface area contributed by atoms with Gasteiger partial charge in [-0.05, 0) is 55.0 Å². The summed E-state index contributed by atoms with van der Waals surface area (Å²) >= 11 is 0. The molecular formula is C20H19NO4S. The van der Waals surface area contributed by atoms with Gasteiger partial charge in [-0.2, -0.15) is 0 Å². The second-order valence-corrected chi connectivity index (χ2v) is 7.33. The minimum absolute atomic E-state index is 0.139. The Hall–Kier alpha value is -2.99. The van der Waals surface area contributed by atoms with Crippen LogP contribution in [0.2, 0.25) is 0 Å². The summed E-state index contributed by atoms with van der Waals surface area (Å²) in [5, 5.41) is 0. The Morgan fingerprint density at radius 1 is 0.808 bits per heavy atom. The van der Waals surface area contributed by atoms with Gasteiger partial charge in [0.15, 0.2) is 0 Å². The SMILES string of the molecule is COc1ccccc1NS(=O)(=O)c1ccc(Oc2ccccc2C)cc1. The van der Waals surface area contributed by atoms with Crippen molar-refractivity contribution in [3.63, 3.8) is 0 Å². The fourth-order valence-electron chi connectivity index (χ4n) is 2.42. The highest BCUT2D eigenvalue weighted by Crippen LogP contribution is 2.28. The molecule has 0 heterocycles. The number of aryl methyl sites for hydroxylation is 1. The number of sulfonamides is 1. The van der Waals surface area contributed by atoms with Crippen molar-refractivity contribution in [1.29, 1.82) is 0 Å². The van der Waals surface area contributed by atoms with E-state index >= 15 is 0 Å². The van der Waals surface area contributed by atoms with Crippen LogP contribution in [0.25, 0.3) is 0 Å². The number of para-hydroxylation sites is 3. The average molecular weight is 369 g/mol. The van der Waals surface area contributed by atoms with E-state index in [9.17, 15) is 8.42 Å². The van der Waals surface area contributed by atoms with Crippen molar-refractivity contribution in [2.75, 3.05) is 11.8 Å². The highest BCUT2D eigenvalue weighted by molar-refractivity contribution is 7.92. The normalized spacial score (nSPS) is 11.0. The molecule has 0 fully saturated rings. The van der Waals surface area contributed by atoms with E-state index in [1.807, 2.05) is 31.2 Å². The second-order valence-electron chi connectivity index (χ2n) is 5.64. The molecule has 0 bridgehead atoms. The van der Waals surface area contributed by atoms with E-state index in [0.717, 1.165) is 11.3 Å². The van der Waals surface area contributed by atoms with Gasteiger partial charge in [-0.25, -0.2) is 8.42 Å². The molecule has 0 radical (unpaired) electrons. The van der Waals surface area contributed by atoms with Crippen LogP contribution in [0, 0.1) is 6.92 Å². The van der Waals surface area contributed by atoms with Crippen LogP contribution in [0.1, 0.15) is 5.56 Å². The maximum atomic E-state index is 12.6. The summed E-state index contributed by atoms with van der Waals surface area (Å²) in [6.45, 7) is 1.95. The number of nitrogens with one attached hydrogen (secondary N) is 1. The van der Waals surface area contributed by atoms with Gasteiger partial charge in [-0.3, -0.25) is 4.72 Å². The largest absolute Gasteiger partial charge is 0.495 e. The molecule has 3 aromatic carbocycles. The predicted molar refractivity (Wildman–Crippen MR) is 101 cm³/mol. The van der Waals surface area contributed by atoms with Gasteiger partial charge in [0, 0.05) is 0 Å². The van der Waals surface area contributed by atoms with Crippen molar-refractivity contribution >= 4 is 15.7 Å². The summed E-state index contributed by atoms with van der Waals surface area (Å²) in [5.74, 6) is 1.75. The van der Waals surface area contributed by atoms with Crippen LogP contribution >= 0.6 is 0 Å². The number of methoxy groups -OCH3 is 1. The lowest BCUT2D eigenvalue weighted by Crippen LogP contribution is -2.13. The Kier molecular flexibility index (Phi) is 5.14. The zero-order valence-electron chi connectivity index (χ0n) is 14.5. The number of hydrogen-bond acceptors (Lipinski definition) is 4. The van der Waals surface area contributed by atoms with E-state index < -0.39 is 10.0 Å². The molecule has 0 aliphatic heterocycles. The Balaban J connectivity index is 1.80. The monoisotopic (exact) mass is 369 g/mol. The molecule has 0 aliphatic carbocycles. The number of hydrogen-bond donors (Lipinski definition) is 1. The van der Waals surface area contributed by atoms with Crippen LogP contribution in [-0.4, -0.2) is 15.5 Å². The van der Waals surface area contributed by atoms with Crippen LogP contribution < -0.4 is 14.2 Å². The lowest BCUT2D eigenvalue weighted by molar-refractivity contribution is 0.417. The standard InChI is InChI=1S/C20H19NO4S/c1-15-7-3-5-9-19(15)25-16-11-13-17(14-12-16)26(22,23)21-18-8-4-6-10-20(18)24-2/h3-14,21H,1-2H3. The Bertz CT molecular complexity index is 998. The molecule has 26 heavy (non-hydrogen) atoms. The van der Waals surface area contributed by atoms with Crippen LogP contribution in [0.5, 0.6) is 17.2 Å². The van der Waals surface area contributed by atoms with Crippen molar-refractivity contribution in [2.45, 2.75) is 11.8 Å². The minimum atomic E-state index is -3.73. The molecule has 3 rings (SSSR count). The number of benzene rings is 3. The van der Waals surface area contributed by atoms with Gasteiger partial charge in [0.25, 0.3) is 10.0 Å². The Labute approximate surface area is 153 Å². The highest BCUT2D eigenvalue weighted by atomic mass is 32.2. The summed E-state index contributed by atoms with van der Waals surface area (Å²) < 4.78 is 38.7. The van der Waals surface area contributed by atoms with Gasteiger partial charge < -0.3 is 9.47 Å². The molecule has 0 saturated heterocycles. The zero-order valence-corrected chi connectivity index (χ0v) is 15.3. The van der Waals surface area contributed by atoms with Gasteiger partial charge in [-0.1, -0.05) is 30.3 Å². The summed E-state index contributed by atoms with van der Waals surface area (Å²) in [7, 11) is -2.24. The fraction of sp³-hybridized carbons (Fsp3) is 0.100. The number of anilines is 1. The first-order valence-corrected chi connectivity index (χ1v) is 9.47. The first-order valence-electron chi connectivity index (χ1n) is 7.99. The first kappa shape index (κ1) is 17.8. The molecule has 0 unspecified atom stereocenters. The molecule has 3 aromatic rings. The van der Waals surface area contributed by atoms with E-state index in [-0.39, 0.29) is 4.90 Å². The van der Waals surface area contributed by atoms with Crippen molar-refractivity contribution in [1.82, 2.24) is 0 Å². The lowest BCUT2D eigenvalue weighted by Gasteiger charge is -2.12. The average Bonchev–Trinajstić information content (AvgIpc) is 2.64. The van der Waals surface area contributed by atoms with Crippen LogP contribution in [0.15, 0.2) is 77.7 Å². The molecule has 0 aromatic heterocycles. The van der Waals surface area contributed by atoms with Crippen molar-refractivity contribution in [2.24, 2.45) is 0 Å². The third-order valence-corrected chi connectivity index (χ3v) is 5.19. The van der Waals surface area contributed by atoms with Gasteiger partial charge in [0.1, 0.15) is 17.2 Å². The van der Waals surface area contributed by atoms with Gasteiger partial charge in [-0.15, -0.1) is 0 Å². The predicted octanol–water partition coefficient (Wildman–Crippen LogP) is 4.60. The lowest BCUT2D eigenvalue weighted by atomic mass is 10.2. The first-order chi connectivity index (χ1) is 12.5. The highest BCUT2D eigenvalue weighted by Gasteiger charge is 2.16. The van der Waals surface area contributed by atoms with Crippen LogP contribution in [-0.2, 0) is 10.0 Å². The smallest absolute Gasteiger partial charge is 0.262 e. The van der Waals surface area contributed by atoms with Gasteiger partial charge in [0.05, 0.1) is 17.7 Å². The van der Waals surface area contributed by atoms with E-state index in [1.165, 1.54) is 19.2 Å².